The van der Waals surface area contributed by atoms with Gasteiger partial charge >= 0.3 is 105 Å². The second-order valence-electron chi connectivity index (χ2n) is 1.25. The molecule has 26 heteroatoms. The molecule has 15 nitrogen and oxygen atoms in total. The van der Waals surface area contributed by atoms with Crippen LogP contribution in [0.5, 0.6) is 0 Å². The second kappa shape index (κ2) is 63.4. The van der Waals surface area contributed by atoms with E-state index in [0.29, 0.717) is 0 Å². The molecule has 0 aromatic heterocycles. The summed E-state index contributed by atoms with van der Waals surface area (Å²) in [5.41, 5.74) is 0. The molecule has 0 fully saturated rings. The first-order valence-electron chi connectivity index (χ1n) is 3.06. The molecular weight excluding hydrogens is 622 g/mol. The van der Waals surface area contributed by atoms with Crippen LogP contribution >= 0.6 is 0 Å². The third-order valence-electron chi connectivity index (χ3n) is 0. The van der Waals surface area contributed by atoms with Crippen LogP contribution in [-0.4, -0.2) is 45.9 Å². The Bertz CT molecular complexity index is 231. The summed E-state index contributed by atoms with van der Waals surface area (Å²) in [4.78, 5) is 85.2. The third kappa shape index (κ3) is 8780. The van der Waals surface area contributed by atoms with E-state index in [-0.39, 0.29) is 105 Å². The summed E-state index contributed by atoms with van der Waals surface area (Å²) in [6, 6.07) is 0. The summed E-state index contributed by atoms with van der Waals surface area (Å²) < 4.78 is 42.6. The summed E-state index contributed by atoms with van der Waals surface area (Å²) >= 11 is 0. The summed E-state index contributed by atoms with van der Waals surface area (Å²) in [5, 5.41) is 0. The predicted octanol–water partition coefficient (Wildman–Crippen LogP) is -20.4. The molecule has 146 valence electrons. The van der Waals surface area contributed by atoms with Crippen molar-refractivity contribution in [3.05, 3.63) is 0 Å². The first kappa shape index (κ1) is 71.1. The van der Waals surface area contributed by atoms with E-state index in [4.69, 9.17) is 70.3 Å². The van der Waals surface area contributed by atoms with E-state index in [1.54, 1.807) is 0 Å². The average molecular weight is 622 g/mol. The second-order valence-corrected chi connectivity index (χ2v) is 3.75. The smallest absolute Gasteiger partial charge is 0.672 e. The van der Waals surface area contributed by atoms with Crippen LogP contribution in [0, 0.1) is 0 Å². The van der Waals surface area contributed by atoms with Crippen LogP contribution in [0.4, 0.5) is 0 Å². The molecule has 26 heavy (non-hydrogen) atoms. The monoisotopic (exact) mass is 620 g/mol. The fourth-order valence-corrected chi connectivity index (χ4v) is 0. The Labute approximate surface area is 218 Å². The average Bonchev–Trinajstić information content (AvgIpc) is 1.94. The molecule has 0 heterocycles. The molecular formula is Li2Mn2Ni2O15Si5. The van der Waals surface area contributed by atoms with Crippen molar-refractivity contribution in [2.24, 2.45) is 0 Å². The number of rotatable bonds is 0. The molecule has 0 atom stereocenters. The van der Waals surface area contributed by atoms with Crippen molar-refractivity contribution >= 4 is 45.9 Å². The SMILES string of the molecule is O=[Si]([O-])[O-].O=[Si]([O-])[O-].O=[Si]([O-])[O-].O=[Si]([O-])[O-].O=[Si]([O-])[O-].[Li+].[Li+].[Mn+2].[Mn+2].[Ni+2].[Ni+2]. The van der Waals surface area contributed by atoms with Gasteiger partial charge < -0.3 is 70.3 Å². The fourth-order valence-electron chi connectivity index (χ4n) is 0. The predicted molar refractivity (Wildman–Crippen MR) is 32.2 cm³/mol. The molecule has 0 saturated heterocycles. The Morgan fingerprint density at radius 3 is 0.346 bits per heavy atom. The first-order chi connectivity index (χ1) is 8.66. The van der Waals surface area contributed by atoms with Crippen molar-refractivity contribution < 1.29 is 175 Å². The summed E-state index contributed by atoms with van der Waals surface area (Å²) in [7, 11) is -18.1. The van der Waals surface area contributed by atoms with Crippen molar-refractivity contribution in [2.75, 3.05) is 0 Å². The van der Waals surface area contributed by atoms with Crippen LogP contribution in [0.2, 0.25) is 0 Å². The Hall–Kier alpha value is 1.31. The van der Waals surface area contributed by atoms with Crippen LogP contribution in [-0.2, 0) is 89.4 Å². The molecule has 0 saturated carbocycles. The van der Waals surface area contributed by atoms with E-state index in [0.717, 1.165) is 0 Å². The van der Waals surface area contributed by atoms with Crippen molar-refractivity contribution in [2.45, 2.75) is 0 Å². The molecule has 0 spiro atoms. The van der Waals surface area contributed by atoms with Crippen LogP contribution in [0.3, 0.4) is 0 Å². The van der Waals surface area contributed by atoms with E-state index in [1.165, 1.54) is 0 Å². The number of hydrogen-bond acceptors (Lipinski definition) is 15. The minimum atomic E-state index is -3.63. The molecule has 2 radical (unpaired) electrons. The topological polar surface area (TPSA) is 316 Å². The van der Waals surface area contributed by atoms with E-state index in [2.05, 4.69) is 0 Å². The fraction of sp³-hybridized carbons (Fsp3) is 0. The summed E-state index contributed by atoms with van der Waals surface area (Å²) in [5.74, 6) is 0. The van der Waals surface area contributed by atoms with Crippen LogP contribution in [0.15, 0.2) is 0 Å². The van der Waals surface area contributed by atoms with E-state index >= 15 is 0 Å². The molecule has 0 aromatic carbocycles. The zero-order valence-electron chi connectivity index (χ0n) is 12.0. The molecule has 0 aliphatic heterocycles. The zero-order chi connectivity index (χ0) is 17.9. The molecule has 0 unspecified atom stereocenters. The van der Waals surface area contributed by atoms with Crippen molar-refractivity contribution in [1.29, 1.82) is 0 Å². The standard InChI is InChI=1S/2Li.2Mn.2Ni.5O3Si/c;;;;;;5*1-4(2)3/q2*+1;4*+2;5*-2. The van der Waals surface area contributed by atoms with Gasteiger partial charge in [0, 0.05) is 45.9 Å². The normalized spacial score (nSPS) is 4.62. The van der Waals surface area contributed by atoms with E-state index in [1.807, 2.05) is 0 Å². The maximum atomic E-state index is 8.52. The zero-order valence-corrected chi connectivity index (χ0v) is 21.3. The van der Waals surface area contributed by atoms with Gasteiger partial charge in [-0.25, -0.2) is 0 Å². The first-order valence-corrected chi connectivity index (χ1v) is 9.19. The van der Waals surface area contributed by atoms with Gasteiger partial charge in [-0.15, -0.1) is 0 Å². The Balaban J connectivity index is -0.0000000114. The quantitative estimate of drug-likeness (QED) is 0.227. The Morgan fingerprint density at radius 1 is 0.346 bits per heavy atom. The largest absolute Gasteiger partial charge is 2.00 e. The Kier molecular flexibility index (Phi) is 173. The van der Waals surface area contributed by atoms with Gasteiger partial charge in [-0.1, -0.05) is 0 Å². The van der Waals surface area contributed by atoms with Crippen LogP contribution < -0.4 is 85.7 Å². The Morgan fingerprint density at radius 2 is 0.346 bits per heavy atom. The minimum Gasteiger partial charge on any atom is -0.672 e. The van der Waals surface area contributed by atoms with Gasteiger partial charge in [0.2, 0.25) is 0 Å². The van der Waals surface area contributed by atoms with Gasteiger partial charge in [-0.3, -0.25) is 0 Å². The summed E-state index contributed by atoms with van der Waals surface area (Å²) in [6.45, 7) is 0. The van der Waals surface area contributed by atoms with Gasteiger partial charge in [-0.2, -0.15) is 0 Å². The van der Waals surface area contributed by atoms with Crippen LogP contribution in [0.25, 0.3) is 0 Å². The molecule has 0 amide bonds. The maximum absolute atomic E-state index is 8.52. The van der Waals surface area contributed by atoms with Crippen molar-refractivity contribution in [1.82, 2.24) is 0 Å². The van der Waals surface area contributed by atoms with Crippen molar-refractivity contribution in [3.8, 4) is 0 Å². The van der Waals surface area contributed by atoms with Crippen LogP contribution in [0.1, 0.15) is 0 Å². The molecule has 0 aliphatic rings. The minimum absolute atomic E-state index is 0. The summed E-state index contributed by atoms with van der Waals surface area (Å²) in [6.07, 6.45) is 0. The molecule has 0 N–H and O–H groups in total. The molecule has 0 aliphatic carbocycles. The van der Waals surface area contributed by atoms with E-state index < -0.39 is 45.9 Å². The van der Waals surface area contributed by atoms with E-state index in [9.17, 15) is 0 Å². The third-order valence-corrected chi connectivity index (χ3v) is 0. The van der Waals surface area contributed by atoms with Gasteiger partial charge in [0.25, 0.3) is 0 Å². The van der Waals surface area contributed by atoms with Gasteiger partial charge in [-0.05, 0) is 0 Å². The van der Waals surface area contributed by atoms with Gasteiger partial charge in [0.1, 0.15) is 0 Å². The van der Waals surface area contributed by atoms with Gasteiger partial charge in [0.05, 0.1) is 0 Å². The van der Waals surface area contributed by atoms with Gasteiger partial charge in [0.15, 0.2) is 0 Å². The van der Waals surface area contributed by atoms with Crippen molar-refractivity contribution in [3.63, 3.8) is 0 Å². The number of hydrogen-bond donors (Lipinski definition) is 0. The molecule has 0 rings (SSSR count). The maximum Gasteiger partial charge on any atom is 2.00 e. The molecule has 0 bridgehead atoms. The molecule has 0 aromatic rings.